The predicted molar refractivity (Wildman–Crippen MR) is 211 cm³/mol. The standard InChI is InChI=1S/C42H41F4N9O4/c1-51(2)42(59)32-21-30-29(20-28(37(45)39(30)49-32)24-5-3-12-54(23-24)35(57)10-14-55-13-4-11-48-55)27-6-8-33(38(46)36(27)44)52-15-17-53(18-16-52)40-31(43)19-25(22-47-40)26-7-9-34(56)50-41(26)58/h4-6,8,11,13,19-22,26,49H,3,7,9-10,12,14-18,23H2,1-2H3,(H,50,56,58). The Morgan fingerprint density at radius 3 is 2.41 bits per heavy atom. The average Bonchev–Trinajstić information content (AvgIpc) is 3.93. The van der Waals surface area contributed by atoms with Crippen molar-refractivity contribution in [1.82, 2.24) is 34.9 Å². The van der Waals surface area contributed by atoms with Gasteiger partial charge >= 0.3 is 0 Å². The fourth-order valence-corrected chi connectivity index (χ4v) is 8.06. The van der Waals surface area contributed by atoms with E-state index in [1.165, 1.54) is 41.4 Å². The fourth-order valence-electron chi connectivity index (χ4n) is 8.06. The molecule has 2 aromatic carbocycles. The first-order valence-electron chi connectivity index (χ1n) is 19.4. The molecule has 3 aromatic heterocycles. The van der Waals surface area contributed by atoms with Gasteiger partial charge in [-0.25, -0.2) is 22.5 Å². The summed E-state index contributed by atoms with van der Waals surface area (Å²) in [6.07, 6.45) is 7.68. The summed E-state index contributed by atoms with van der Waals surface area (Å²) in [4.78, 5) is 63.5. The number of nitrogens with one attached hydrogen (secondary N) is 2. The molecule has 13 nitrogen and oxygen atoms in total. The third-order valence-corrected chi connectivity index (χ3v) is 11.2. The summed E-state index contributed by atoms with van der Waals surface area (Å²) in [5.74, 6) is -5.70. The Kier molecular flexibility index (Phi) is 10.7. The molecule has 4 amide bonds. The van der Waals surface area contributed by atoms with Crippen LogP contribution < -0.4 is 15.1 Å². The van der Waals surface area contributed by atoms with Crippen LogP contribution in [0.15, 0.2) is 61.1 Å². The number of pyridine rings is 1. The van der Waals surface area contributed by atoms with E-state index in [1.54, 1.807) is 51.9 Å². The molecular formula is C42H41F4N9O4. The van der Waals surface area contributed by atoms with Crippen molar-refractivity contribution in [2.75, 3.05) is 63.2 Å². The lowest BCUT2D eigenvalue weighted by molar-refractivity contribution is -0.134. The first-order valence-corrected chi connectivity index (χ1v) is 19.4. The lowest BCUT2D eigenvalue weighted by atomic mass is 9.91. The first kappa shape index (κ1) is 39.3. The van der Waals surface area contributed by atoms with E-state index in [2.05, 4.69) is 20.4 Å². The zero-order valence-corrected chi connectivity index (χ0v) is 32.4. The van der Waals surface area contributed by atoms with Gasteiger partial charge in [0.25, 0.3) is 5.91 Å². The minimum Gasteiger partial charge on any atom is -0.366 e. The molecule has 6 heterocycles. The molecule has 0 aliphatic carbocycles. The van der Waals surface area contributed by atoms with Gasteiger partial charge in [-0.15, -0.1) is 0 Å². The molecule has 5 aromatic rings. The highest BCUT2D eigenvalue weighted by atomic mass is 19.2. The van der Waals surface area contributed by atoms with Crippen molar-refractivity contribution in [1.29, 1.82) is 0 Å². The van der Waals surface area contributed by atoms with Crippen LogP contribution in [-0.4, -0.2) is 107 Å². The summed E-state index contributed by atoms with van der Waals surface area (Å²) in [6, 6.07) is 8.75. The van der Waals surface area contributed by atoms with Crippen LogP contribution in [0.25, 0.3) is 27.6 Å². The third-order valence-electron chi connectivity index (χ3n) is 11.2. The number of carbonyl (C=O) groups is 4. The highest BCUT2D eigenvalue weighted by Crippen LogP contribution is 2.40. The molecule has 306 valence electrons. The van der Waals surface area contributed by atoms with Crippen LogP contribution in [-0.2, 0) is 20.9 Å². The molecule has 0 bridgehead atoms. The number of H-pyrrole nitrogens is 1. The number of aryl methyl sites for hydroxylation is 1. The number of nitrogens with zero attached hydrogens (tertiary/aromatic N) is 7. The van der Waals surface area contributed by atoms with Gasteiger partial charge in [-0.3, -0.25) is 29.2 Å². The molecule has 1 atom stereocenters. The lowest BCUT2D eigenvalue weighted by Gasteiger charge is -2.37. The van der Waals surface area contributed by atoms with Gasteiger partial charge in [0.15, 0.2) is 29.1 Å². The Bertz CT molecular complexity index is 2510. The smallest absolute Gasteiger partial charge is 0.269 e. The molecular weight excluding hydrogens is 771 g/mol. The number of rotatable bonds is 9. The van der Waals surface area contributed by atoms with Gasteiger partial charge in [-0.1, -0.05) is 6.08 Å². The predicted octanol–water partition coefficient (Wildman–Crippen LogP) is 5.24. The van der Waals surface area contributed by atoms with Crippen LogP contribution >= 0.6 is 0 Å². The number of piperidine rings is 1. The maximum atomic E-state index is 16.5. The number of fused-ring (bicyclic) bond motifs is 1. The van der Waals surface area contributed by atoms with Gasteiger partial charge < -0.3 is 24.6 Å². The Morgan fingerprint density at radius 1 is 0.915 bits per heavy atom. The van der Waals surface area contributed by atoms with Gasteiger partial charge in [0.05, 0.1) is 17.1 Å². The minimum atomic E-state index is -1.17. The van der Waals surface area contributed by atoms with Crippen molar-refractivity contribution in [3.8, 4) is 11.1 Å². The van der Waals surface area contributed by atoms with Crippen molar-refractivity contribution in [3.63, 3.8) is 0 Å². The second kappa shape index (κ2) is 16.0. The maximum Gasteiger partial charge on any atom is 0.269 e. The Labute approximate surface area is 336 Å². The zero-order chi connectivity index (χ0) is 41.5. The van der Waals surface area contributed by atoms with Crippen LogP contribution in [0.1, 0.15) is 53.2 Å². The SMILES string of the molecule is CN(C)C(=O)c1cc2c(-c3ccc(N4CCN(c5ncc(C6CCC(=O)NC6=O)cc5F)CC4)c(F)c3F)cc(C3=CCCN(C(=O)CCn4cccn4)C3)c(F)c2[nH]1. The van der Waals surface area contributed by atoms with E-state index in [0.29, 0.717) is 30.6 Å². The average molecular weight is 812 g/mol. The number of carbonyl (C=O) groups excluding carboxylic acids is 4. The van der Waals surface area contributed by atoms with Crippen LogP contribution in [0.5, 0.6) is 0 Å². The summed E-state index contributed by atoms with van der Waals surface area (Å²) < 4.78 is 66.2. The van der Waals surface area contributed by atoms with Crippen LogP contribution in [0.3, 0.4) is 0 Å². The molecule has 3 aliphatic heterocycles. The molecule has 0 saturated carbocycles. The number of aromatic nitrogens is 4. The highest BCUT2D eigenvalue weighted by Gasteiger charge is 2.31. The third kappa shape index (κ3) is 7.64. The van der Waals surface area contributed by atoms with E-state index in [0.717, 1.165) is 0 Å². The second-order valence-electron chi connectivity index (χ2n) is 15.1. The number of imide groups is 1. The monoisotopic (exact) mass is 811 g/mol. The summed E-state index contributed by atoms with van der Waals surface area (Å²) >= 11 is 0. The van der Waals surface area contributed by atoms with Gasteiger partial charge in [-0.05, 0) is 65.9 Å². The van der Waals surface area contributed by atoms with Crippen LogP contribution in [0.2, 0.25) is 0 Å². The summed E-state index contributed by atoms with van der Waals surface area (Å²) in [6.45, 7) is 1.78. The molecule has 2 saturated heterocycles. The number of hydrogen-bond donors (Lipinski definition) is 2. The van der Waals surface area contributed by atoms with E-state index < -0.39 is 41.0 Å². The fraction of sp³-hybridized carbons (Fsp3) is 0.333. The second-order valence-corrected chi connectivity index (χ2v) is 15.1. The largest absolute Gasteiger partial charge is 0.366 e. The molecule has 59 heavy (non-hydrogen) atoms. The molecule has 2 N–H and O–H groups in total. The molecule has 1 unspecified atom stereocenters. The number of benzene rings is 2. The van der Waals surface area contributed by atoms with E-state index in [9.17, 15) is 19.2 Å². The number of piperazine rings is 1. The summed E-state index contributed by atoms with van der Waals surface area (Å²) in [5, 5.41) is 6.59. The Morgan fingerprint density at radius 2 is 1.69 bits per heavy atom. The molecule has 0 spiro atoms. The van der Waals surface area contributed by atoms with Gasteiger partial charge in [-0.2, -0.15) is 5.10 Å². The van der Waals surface area contributed by atoms with Gasteiger partial charge in [0.2, 0.25) is 17.7 Å². The molecule has 0 radical (unpaired) electrons. The minimum absolute atomic E-state index is 0.0112. The lowest BCUT2D eigenvalue weighted by Crippen LogP contribution is -2.47. The number of anilines is 2. The maximum absolute atomic E-state index is 16.5. The molecule has 2 fully saturated rings. The van der Waals surface area contributed by atoms with Gasteiger partial charge in [0.1, 0.15) is 5.69 Å². The highest BCUT2D eigenvalue weighted by molar-refractivity contribution is 6.05. The normalized spacial score (nSPS) is 17.4. The molecule has 3 aliphatic rings. The quantitative estimate of drug-likeness (QED) is 0.152. The Balaban J connectivity index is 1.05. The molecule has 8 rings (SSSR count). The van der Waals surface area contributed by atoms with E-state index in [4.69, 9.17) is 0 Å². The van der Waals surface area contributed by atoms with Crippen LogP contribution in [0, 0.1) is 23.3 Å². The Hall–Kier alpha value is -6.52. The van der Waals surface area contributed by atoms with Gasteiger partial charge in [0, 0.05) is 108 Å². The van der Waals surface area contributed by atoms with E-state index in [-0.39, 0.29) is 109 Å². The number of aromatic amines is 1. The zero-order valence-electron chi connectivity index (χ0n) is 32.4. The van der Waals surface area contributed by atoms with Crippen LogP contribution in [0.4, 0.5) is 29.1 Å². The number of hydrogen-bond acceptors (Lipinski definition) is 8. The van der Waals surface area contributed by atoms with Crippen molar-refractivity contribution < 1.29 is 36.7 Å². The van der Waals surface area contributed by atoms with E-state index >= 15 is 17.6 Å². The molecule has 17 heteroatoms. The summed E-state index contributed by atoms with van der Waals surface area (Å²) in [5.41, 5.74) is 0.943. The van der Waals surface area contributed by atoms with Crippen molar-refractivity contribution in [2.45, 2.75) is 38.1 Å². The van der Waals surface area contributed by atoms with Crippen molar-refractivity contribution >= 4 is 51.6 Å². The van der Waals surface area contributed by atoms with Crippen molar-refractivity contribution in [3.05, 3.63) is 101 Å². The topological polar surface area (TPSA) is 140 Å². The summed E-state index contributed by atoms with van der Waals surface area (Å²) in [7, 11) is 3.09. The number of halogens is 4. The van der Waals surface area contributed by atoms with Crippen molar-refractivity contribution in [2.24, 2.45) is 0 Å². The van der Waals surface area contributed by atoms with E-state index in [1.807, 2.05) is 6.08 Å². The first-order chi connectivity index (χ1) is 28.4. The number of amides is 4.